The fraction of sp³-hybridized carbons (Fsp3) is 0.400. The zero-order valence-corrected chi connectivity index (χ0v) is 21.5. The zero-order chi connectivity index (χ0) is 25.5. The Morgan fingerprint density at radius 1 is 1.22 bits per heavy atom. The van der Waals surface area contributed by atoms with Crippen molar-refractivity contribution in [3.05, 3.63) is 75.8 Å². The molecule has 1 fully saturated rings. The lowest BCUT2D eigenvalue weighted by molar-refractivity contribution is -0.123. The molecule has 4 atom stereocenters. The topological polar surface area (TPSA) is 132 Å². The van der Waals surface area contributed by atoms with Crippen molar-refractivity contribution in [3.8, 4) is 0 Å². The number of rotatable bonds is 11. The lowest BCUT2D eigenvalue weighted by atomic mass is 9.96. The predicted molar refractivity (Wildman–Crippen MR) is 137 cm³/mol. The first-order valence-corrected chi connectivity index (χ1v) is 13.7. The van der Waals surface area contributed by atoms with Gasteiger partial charge < -0.3 is 19.9 Å². The maximum absolute atomic E-state index is 13.4. The number of nitrogens with zero attached hydrogens (tertiary/aromatic N) is 1. The highest BCUT2D eigenvalue weighted by Gasteiger charge is 2.30. The van der Waals surface area contributed by atoms with E-state index in [2.05, 4.69) is 15.4 Å². The first-order chi connectivity index (χ1) is 17.4. The first-order valence-electron chi connectivity index (χ1n) is 11.8. The number of thiazole rings is 1. The summed E-state index contributed by atoms with van der Waals surface area (Å²) in [5, 5.41) is 8.80. The molecule has 36 heavy (non-hydrogen) atoms. The normalized spacial score (nSPS) is 19.6. The number of methoxy groups -OCH3 is 1. The minimum absolute atomic E-state index is 0.291. The van der Waals surface area contributed by atoms with Crippen LogP contribution >= 0.6 is 11.3 Å². The summed E-state index contributed by atoms with van der Waals surface area (Å²) in [6.07, 6.45) is 8.54. The molecule has 1 saturated carbocycles. The smallest absolute Gasteiger partial charge is 0.407 e. The summed E-state index contributed by atoms with van der Waals surface area (Å²) >= 11 is -0.736. The van der Waals surface area contributed by atoms with Gasteiger partial charge in [-0.05, 0) is 36.8 Å². The van der Waals surface area contributed by atoms with Crippen LogP contribution in [0, 0.1) is 0 Å². The summed E-state index contributed by atoms with van der Waals surface area (Å²) in [6.45, 7) is 0. The van der Waals surface area contributed by atoms with Crippen LogP contribution in [0.5, 0.6) is 0 Å². The van der Waals surface area contributed by atoms with Crippen molar-refractivity contribution < 1.29 is 23.1 Å². The van der Waals surface area contributed by atoms with E-state index in [9.17, 15) is 18.4 Å². The molecule has 0 spiro atoms. The van der Waals surface area contributed by atoms with E-state index in [0.29, 0.717) is 25.2 Å². The summed E-state index contributed by atoms with van der Waals surface area (Å²) in [4.78, 5) is 30.2. The third-order valence-electron chi connectivity index (χ3n) is 6.08. The van der Waals surface area contributed by atoms with Crippen molar-refractivity contribution in [1.29, 1.82) is 0 Å². The van der Waals surface area contributed by atoms with Gasteiger partial charge in [0.05, 0.1) is 23.9 Å². The highest BCUT2D eigenvalue weighted by Crippen LogP contribution is 2.42. The van der Waals surface area contributed by atoms with Gasteiger partial charge in [0.2, 0.25) is 5.91 Å². The van der Waals surface area contributed by atoms with Gasteiger partial charge in [-0.25, -0.2) is 14.5 Å². The third-order valence-corrected chi connectivity index (χ3v) is 7.60. The van der Waals surface area contributed by atoms with Crippen molar-refractivity contribution >= 4 is 34.6 Å². The Labute approximate surface area is 216 Å². The predicted octanol–water partition coefficient (Wildman–Crippen LogP) is 3.17. The van der Waals surface area contributed by atoms with Crippen LogP contribution < -0.4 is 15.4 Å². The molecule has 1 aromatic carbocycles. The lowest BCUT2D eigenvalue weighted by Gasteiger charge is -2.24. The number of aromatic nitrogens is 1. The molecule has 1 aromatic heterocycles. The maximum atomic E-state index is 13.4. The van der Waals surface area contributed by atoms with Crippen molar-refractivity contribution in [2.24, 2.45) is 0 Å². The second kappa shape index (κ2) is 12.4. The molecule has 192 valence electrons. The average molecular weight is 530 g/mol. The third kappa shape index (κ3) is 7.57. The first kappa shape index (κ1) is 26.2. The Morgan fingerprint density at radius 2 is 2.00 bits per heavy atom. The Bertz CT molecular complexity index is 1150. The molecule has 2 unspecified atom stereocenters. The summed E-state index contributed by atoms with van der Waals surface area (Å²) in [5.41, 5.74) is 2.65. The van der Waals surface area contributed by atoms with E-state index < -0.39 is 29.4 Å². The number of hydrogen-bond acceptors (Lipinski definition) is 7. The molecule has 0 aliphatic heterocycles. The molecule has 9 nitrogen and oxygen atoms in total. The molecule has 2 aromatic rings. The number of ether oxygens (including phenoxy) is 1. The van der Waals surface area contributed by atoms with Gasteiger partial charge in [0.15, 0.2) is 0 Å². The molecule has 2 aliphatic carbocycles. The van der Waals surface area contributed by atoms with Crippen LogP contribution in [0.4, 0.5) is 4.79 Å². The Morgan fingerprint density at radius 3 is 2.64 bits per heavy atom. The van der Waals surface area contributed by atoms with Crippen LogP contribution in [0.15, 0.2) is 59.5 Å². The van der Waals surface area contributed by atoms with E-state index in [0.717, 1.165) is 34.7 Å². The Kier molecular flexibility index (Phi) is 9.03. The van der Waals surface area contributed by atoms with Crippen LogP contribution in [0.1, 0.15) is 53.9 Å². The van der Waals surface area contributed by atoms with E-state index in [1.54, 1.807) is 17.4 Å². The molecule has 0 bridgehead atoms. The van der Waals surface area contributed by atoms with Gasteiger partial charge in [0.1, 0.15) is 6.04 Å². The molecular weight excluding hydrogens is 500 g/mol. The highest BCUT2D eigenvalue weighted by atomic mass is 32.2. The van der Waals surface area contributed by atoms with Crippen LogP contribution in [-0.4, -0.2) is 44.9 Å². The average Bonchev–Trinajstić information content (AvgIpc) is 3.61. The van der Waals surface area contributed by atoms with E-state index in [1.807, 2.05) is 47.9 Å². The number of amides is 2. The van der Waals surface area contributed by atoms with Gasteiger partial charge >= 0.3 is 6.09 Å². The van der Waals surface area contributed by atoms with Gasteiger partial charge in [-0.3, -0.25) is 9.00 Å². The molecule has 11 heteroatoms. The highest BCUT2D eigenvalue weighted by molar-refractivity contribution is 7.77. The van der Waals surface area contributed by atoms with Crippen LogP contribution in [-0.2, 0) is 27.2 Å². The van der Waals surface area contributed by atoms with Gasteiger partial charge in [-0.15, -0.1) is 11.3 Å². The minimum atomic E-state index is -2.34. The quantitative estimate of drug-likeness (QED) is 0.383. The lowest BCUT2D eigenvalue weighted by Crippen LogP contribution is -2.49. The summed E-state index contributed by atoms with van der Waals surface area (Å²) in [5.74, 6) is 0.164. The standard InChI is InChI=1S/C25H30N4O5S2/c1-34-25(31)28-21(14-16-5-3-2-4-6-16)23(30)26-20(22-15-35-24(27-22)18-9-10-18)13-17-7-11-19(12-8-17)29-36(32)33/h2-8,11,15,18-21,29H,9-10,12-14H2,1H3,(H,26,30)(H,28,31)(H,32,33)/p-1/t19?,20-,21-/m0/s1. The molecule has 4 rings (SSSR count). The number of carbonyl (C=O) groups excluding carboxylic acids is 2. The number of alkyl carbamates (subject to hydrolysis) is 1. The van der Waals surface area contributed by atoms with Gasteiger partial charge in [-0.2, -0.15) is 0 Å². The molecule has 2 amide bonds. The molecule has 3 N–H and O–H groups in total. The molecule has 2 aliphatic rings. The van der Waals surface area contributed by atoms with Crippen molar-refractivity contribution in [2.75, 3.05) is 7.11 Å². The monoisotopic (exact) mass is 529 g/mol. The summed E-state index contributed by atoms with van der Waals surface area (Å²) in [7, 11) is 1.26. The minimum Gasteiger partial charge on any atom is -0.760 e. The molecule has 1 heterocycles. The number of benzene rings is 1. The number of nitrogens with one attached hydrogen (secondary N) is 3. The second-order valence-electron chi connectivity index (χ2n) is 8.86. The van der Waals surface area contributed by atoms with Gasteiger partial charge in [0.25, 0.3) is 0 Å². The Hall–Kier alpha value is -2.86. The maximum Gasteiger partial charge on any atom is 0.407 e. The van der Waals surface area contributed by atoms with E-state index in [1.165, 1.54) is 7.11 Å². The number of hydrogen-bond donors (Lipinski definition) is 3. The van der Waals surface area contributed by atoms with Gasteiger partial charge in [-0.1, -0.05) is 48.6 Å². The fourth-order valence-electron chi connectivity index (χ4n) is 4.00. The van der Waals surface area contributed by atoms with Crippen LogP contribution in [0.3, 0.4) is 0 Å². The van der Waals surface area contributed by atoms with Crippen molar-refractivity contribution in [2.45, 2.75) is 56.1 Å². The fourth-order valence-corrected chi connectivity index (χ4v) is 5.47. The second-order valence-corrected chi connectivity index (χ2v) is 10.5. The SMILES string of the molecule is COC(=O)N[C@@H](Cc1ccccc1)C(=O)N[C@@H](CC1=CCC(NS(=O)[O-])C=C1)c1csc(C2CC2)n1. The number of allylic oxidation sites excluding steroid dienone is 1. The van der Waals surface area contributed by atoms with E-state index >= 15 is 0 Å². The van der Waals surface area contributed by atoms with E-state index in [-0.39, 0.29) is 11.9 Å². The number of carbonyl (C=O) groups is 2. The van der Waals surface area contributed by atoms with Gasteiger partial charge in [0, 0.05) is 35.0 Å². The summed E-state index contributed by atoms with van der Waals surface area (Å²) < 4.78 is 29.1. The van der Waals surface area contributed by atoms with Crippen molar-refractivity contribution in [1.82, 2.24) is 20.3 Å². The molecule has 0 saturated heterocycles. The van der Waals surface area contributed by atoms with E-state index in [4.69, 9.17) is 9.72 Å². The Balaban J connectivity index is 1.51. The zero-order valence-electron chi connectivity index (χ0n) is 19.8. The van der Waals surface area contributed by atoms with Crippen LogP contribution in [0.25, 0.3) is 0 Å². The largest absolute Gasteiger partial charge is 0.760 e. The van der Waals surface area contributed by atoms with Crippen LogP contribution in [0.2, 0.25) is 0 Å². The molecular formula is C25H29N4O5S2-. The molecule has 0 radical (unpaired) electrons. The summed E-state index contributed by atoms with van der Waals surface area (Å²) in [6, 6.07) is 7.92. The van der Waals surface area contributed by atoms with Crippen molar-refractivity contribution in [3.63, 3.8) is 0 Å².